The predicted octanol–water partition coefficient (Wildman–Crippen LogP) is 3.26. The zero-order chi connectivity index (χ0) is 20.6. The van der Waals surface area contributed by atoms with E-state index in [0.717, 1.165) is 12.1 Å². The lowest BCUT2D eigenvalue weighted by Crippen LogP contribution is -2.57. The maximum atomic E-state index is 13.6. The Labute approximate surface area is 162 Å². The van der Waals surface area contributed by atoms with E-state index in [4.69, 9.17) is 4.74 Å². The second-order valence-electron chi connectivity index (χ2n) is 6.94. The van der Waals surface area contributed by atoms with Crippen molar-refractivity contribution < 1.29 is 22.3 Å². The van der Waals surface area contributed by atoms with Crippen LogP contribution in [0.15, 0.2) is 36.8 Å². The van der Waals surface area contributed by atoms with Gasteiger partial charge in [-0.05, 0) is 25.1 Å². The van der Waals surface area contributed by atoms with Crippen molar-refractivity contribution >= 4 is 5.69 Å². The highest BCUT2D eigenvalue weighted by Crippen LogP contribution is 2.29. The van der Waals surface area contributed by atoms with E-state index < -0.39 is 23.5 Å². The van der Waals surface area contributed by atoms with Crippen LogP contribution in [0.25, 0.3) is 5.69 Å². The van der Waals surface area contributed by atoms with E-state index in [0.29, 0.717) is 11.4 Å². The third kappa shape index (κ3) is 4.13. The molecule has 0 unspecified atom stereocenters. The smallest absolute Gasteiger partial charge is 0.316 e. The summed E-state index contributed by atoms with van der Waals surface area (Å²) in [6, 6.07) is 3.39. The van der Waals surface area contributed by atoms with E-state index in [1.54, 1.807) is 12.4 Å². The summed E-state index contributed by atoms with van der Waals surface area (Å²) in [5.74, 6) is -0.984. The fourth-order valence-electron chi connectivity index (χ4n) is 2.95. The van der Waals surface area contributed by atoms with E-state index in [1.807, 2.05) is 4.90 Å². The Hall–Kier alpha value is -3.24. The average Bonchev–Trinajstić information content (AvgIpc) is 3.14. The molecule has 0 bridgehead atoms. The number of benzene rings is 1. The molecule has 1 saturated heterocycles. The summed E-state index contributed by atoms with van der Waals surface area (Å²) in [4.78, 5) is 9.96. The highest BCUT2D eigenvalue weighted by atomic mass is 19.3. The molecule has 0 aliphatic carbocycles. The van der Waals surface area contributed by atoms with Crippen LogP contribution in [0.2, 0.25) is 0 Å². The van der Waals surface area contributed by atoms with Crippen LogP contribution in [-0.2, 0) is 6.61 Å². The Morgan fingerprint density at radius 2 is 1.90 bits per heavy atom. The fourth-order valence-corrected chi connectivity index (χ4v) is 2.95. The molecule has 7 nitrogen and oxygen atoms in total. The van der Waals surface area contributed by atoms with Gasteiger partial charge in [-0.3, -0.25) is 0 Å². The van der Waals surface area contributed by atoms with Gasteiger partial charge in [-0.2, -0.15) is 0 Å². The van der Waals surface area contributed by atoms with E-state index in [-0.39, 0.29) is 31.4 Å². The lowest BCUT2D eigenvalue weighted by atomic mass is 9.99. The molecule has 0 amide bonds. The van der Waals surface area contributed by atoms with Crippen molar-refractivity contribution in [2.24, 2.45) is 0 Å². The minimum Gasteiger partial charge on any atom is -0.457 e. The second-order valence-corrected chi connectivity index (χ2v) is 6.94. The number of rotatable bonds is 6. The Bertz CT molecular complexity index is 1000. The number of halogens is 4. The minimum atomic E-state index is -2.93. The van der Waals surface area contributed by atoms with Crippen molar-refractivity contribution in [2.45, 2.75) is 25.6 Å². The van der Waals surface area contributed by atoms with Crippen LogP contribution in [-0.4, -0.2) is 43.7 Å². The lowest BCUT2D eigenvalue weighted by Gasteiger charge is -2.43. The molecule has 0 saturated carbocycles. The molecule has 3 heterocycles. The van der Waals surface area contributed by atoms with Crippen molar-refractivity contribution in [1.29, 1.82) is 0 Å². The van der Waals surface area contributed by atoms with Crippen LogP contribution < -0.4 is 9.64 Å². The largest absolute Gasteiger partial charge is 0.457 e. The number of hydrogen-bond donors (Lipinski definition) is 0. The van der Waals surface area contributed by atoms with E-state index in [2.05, 4.69) is 20.3 Å². The van der Waals surface area contributed by atoms with Crippen LogP contribution in [0.1, 0.15) is 24.6 Å². The van der Waals surface area contributed by atoms with Gasteiger partial charge in [0.2, 0.25) is 0 Å². The fraction of sp³-hybridized carbons (Fsp3) is 0.333. The molecule has 0 atom stereocenters. The van der Waals surface area contributed by atoms with Crippen molar-refractivity contribution in [3.8, 4) is 11.7 Å². The van der Waals surface area contributed by atoms with Gasteiger partial charge in [0.15, 0.2) is 0 Å². The first kappa shape index (κ1) is 19.1. The molecule has 1 aromatic carbocycles. The van der Waals surface area contributed by atoms with Gasteiger partial charge in [-0.25, -0.2) is 32.2 Å². The Morgan fingerprint density at radius 1 is 1.17 bits per heavy atom. The quantitative estimate of drug-likeness (QED) is 0.584. The van der Waals surface area contributed by atoms with Crippen molar-refractivity contribution in [2.75, 3.05) is 18.0 Å². The lowest BCUT2D eigenvalue weighted by molar-refractivity contribution is 0.144. The second kappa shape index (κ2) is 7.30. The summed E-state index contributed by atoms with van der Waals surface area (Å²) in [5, 5.41) is 7.72. The first-order valence-electron chi connectivity index (χ1n) is 8.69. The van der Waals surface area contributed by atoms with Gasteiger partial charge in [0, 0.05) is 0 Å². The third-order valence-corrected chi connectivity index (χ3v) is 4.39. The van der Waals surface area contributed by atoms with Gasteiger partial charge in [0.05, 0.1) is 48.6 Å². The van der Waals surface area contributed by atoms with Crippen LogP contribution in [0.5, 0.6) is 6.01 Å². The Balaban J connectivity index is 1.38. The predicted molar refractivity (Wildman–Crippen MR) is 94.4 cm³/mol. The van der Waals surface area contributed by atoms with Gasteiger partial charge >= 0.3 is 6.01 Å². The molecule has 0 radical (unpaired) electrons. The zero-order valence-corrected chi connectivity index (χ0v) is 15.3. The molecule has 11 heteroatoms. The maximum absolute atomic E-state index is 13.6. The number of anilines is 1. The van der Waals surface area contributed by atoms with Crippen LogP contribution in [0.4, 0.5) is 23.2 Å². The highest BCUT2D eigenvalue weighted by molar-refractivity contribution is 5.47. The summed E-state index contributed by atoms with van der Waals surface area (Å²) in [6.07, 6.45) is 1.62. The third-order valence-electron chi connectivity index (χ3n) is 4.39. The monoisotopic (exact) mass is 408 g/mol. The Kier molecular flexibility index (Phi) is 4.81. The van der Waals surface area contributed by atoms with E-state index >= 15 is 0 Å². The summed E-state index contributed by atoms with van der Waals surface area (Å²) in [7, 11) is 0. The molecule has 0 N–H and O–H groups in total. The number of ether oxygens (including phenoxy) is 1. The number of nitrogens with zero attached hydrogens (tertiary/aromatic N) is 6. The minimum absolute atomic E-state index is 0.00545. The van der Waals surface area contributed by atoms with E-state index in [1.165, 1.54) is 23.9 Å². The van der Waals surface area contributed by atoms with Crippen molar-refractivity contribution in [3.63, 3.8) is 0 Å². The van der Waals surface area contributed by atoms with Crippen LogP contribution in [0.3, 0.4) is 0 Å². The molecule has 3 aromatic rings. The summed E-state index contributed by atoms with van der Waals surface area (Å²) < 4.78 is 59.3. The summed E-state index contributed by atoms with van der Waals surface area (Å²) >= 11 is 0. The van der Waals surface area contributed by atoms with Gasteiger partial charge in [-0.1, -0.05) is 5.21 Å². The van der Waals surface area contributed by atoms with Gasteiger partial charge in [0.1, 0.15) is 23.8 Å². The molecule has 4 rings (SSSR count). The summed E-state index contributed by atoms with van der Waals surface area (Å²) in [5.41, 5.74) is -0.558. The summed E-state index contributed by atoms with van der Waals surface area (Å²) in [6.45, 7) is 2.11. The van der Waals surface area contributed by atoms with Crippen molar-refractivity contribution in [1.82, 2.24) is 25.0 Å². The molecule has 1 aliphatic heterocycles. The van der Waals surface area contributed by atoms with E-state index in [9.17, 15) is 17.6 Å². The molecule has 29 heavy (non-hydrogen) atoms. The molecular formula is C18H16F4N6O. The highest BCUT2D eigenvalue weighted by Gasteiger charge is 2.39. The standard InChI is InChI=1S/C18H16F4N6O/c1-18(22)9-27(10-18)13-5-23-17(24-6-13)29-8-11-7-28(26-25-11)12-2-3-15(19)14(4-12)16(20)21/h2-7,16H,8-10H2,1H3. The van der Waals surface area contributed by atoms with Crippen LogP contribution >= 0.6 is 0 Å². The van der Waals surface area contributed by atoms with Crippen molar-refractivity contribution in [3.05, 3.63) is 53.9 Å². The number of hydrogen-bond acceptors (Lipinski definition) is 6. The van der Waals surface area contributed by atoms with Crippen LogP contribution in [0, 0.1) is 5.82 Å². The molecule has 1 fully saturated rings. The zero-order valence-electron chi connectivity index (χ0n) is 15.3. The van der Waals surface area contributed by atoms with Gasteiger partial charge < -0.3 is 9.64 Å². The first-order chi connectivity index (χ1) is 13.8. The molecule has 152 valence electrons. The molecule has 2 aromatic heterocycles. The Morgan fingerprint density at radius 3 is 2.55 bits per heavy atom. The average molecular weight is 408 g/mol. The number of alkyl halides is 3. The first-order valence-corrected chi connectivity index (χ1v) is 8.69. The normalized spacial score (nSPS) is 15.4. The topological polar surface area (TPSA) is 69.0 Å². The maximum Gasteiger partial charge on any atom is 0.316 e. The SMILES string of the molecule is CC1(F)CN(c2cnc(OCc3cn(-c4ccc(F)c(C(F)F)c4)nn3)nc2)C1. The molecule has 1 aliphatic rings. The molecule has 0 spiro atoms. The van der Waals surface area contributed by atoms with Gasteiger partial charge in [-0.15, -0.1) is 5.10 Å². The number of aromatic nitrogens is 5. The van der Waals surface area contributed by atoms with Gasteiger partial charge in [0.25, 0.3) is 6.43 Å². The molecular weight excluding hydrogens is 392 g/mol.